The Bertz CT molecular complexity index is 540. The molecule has 4 nitrogen and oxygen atoms in total. The summed E-state index contributed by atoms with van der Waals surface area (Å²) in [5.74, 6) is 0.362. The zero-order chi connectivity index (χ0) is 14.8. The number of carbonyl (C=O) groups excluding carboxylic acids is 2. The molecule has 1 unspecified atom stereocenters. The molecule has 1 saturated carbocycles. The maximum Gasteiger partial charge on any atom is 0.243 e. The molecule has 1 aromatic rings. The maximum absolute atomic E-state index is 12.3. The highest BCUT2D eigenvalue weighted by molar-refractivity contribution is 9.10. The number of hydrogen-bond acceptors (Lipinski definition) is 3. The molecule has 2 heterocycles. The molecule has 114 valence electrons. The second-order valence-corrected chi connectivity index (χ2v) is 7.63. The predicted octanol–water partition coefficient (Wildman–Crippen LogP) is 2.92. The topological polar surface area (TPSA) is 49.4 Å². The van der Waals surface area contributed by atoms with Crippen LogP contribution in [0.1, 0.15) is 37.0 Å². The van der Waals surface area contributed by atoms with Crippen molar-refractivity contribution in [2.75, 3.05) is 6.54 Å². The van der Waals surface area contributed by atoms with E-state index in [-0.39, 0.29) is 24.4 Å². The zero-order valence-corrected chi connectivity index (χ0v) is 14.2. The first-order chi connectivity index (χ1) is 10.2. The molecule has 2 fully saturated rings. The molecule has 1 saturated heterocycles. The van der Waals surface area contributed by atoms with Gasteiger partial charge in [0.2, 0.25) is 11.8 Å². The van der Waals surface area contributed by atoms with Crippen LogP contribution < -0.4 is 5.32 Å². The summed E-state index contributed by atoms with van der Waals surface area (Å²) in [6.07, 6.45) is 5.68. The van der Waals surface area contributed by atoms with E-state index in [4.69, 9.17) is 0 Å². The highest BCUT2D eigenvalue weighted by Gasteiger charge is 2.40. The van der Waals surface area contributed by atoms with E-state index in [2.05, 4.69) is 21.2 Å². The Morgan fingerprint density at radius 3 is 2.71 bits per heavy atom. The molecular formula is C15H19BrN2O2S. The number of nitrogens with one attached hydrogen (secondary N) is 1. The van der Waals surface area contributed by atoms with E-state index >= 15 is 0 Å². The fourth-order valence-electron chi connectivity index (χ4n) is 3.36. The Hall–Kier alpha value is -0.880. The van der Waals surface area contributed by atoms with E-state index in [0.717, 1.165) is 22.2 Å². The van der Waals surface area contributed by atoms with Crippen LogP contribution >= 0.6 is 27.3 Å². The number of hydrogen-bond donors (Lipinski definition) is 1. The van der Waals surface area contributed by atoms with E-state index in [1.165, 1.54) is 19.3 Å². The summed E-state index contributed by atoms with van der Waals surface area (Å²) in [7, 11) is 0. The number of thiophene rings is 1. The van der Waals surface area contributed by atoms with Gasteiger partial charge in [-0.25, -0.2) is 0 Å². The van der Waals surface area contributed by atoms with Crippen LogP contribution in [0.3, 0.4) is 0 Å². The van der Waals surface area contributed by atoms with Gasteiger partial charge >= 0.3 is 0 Å². The Balaban J connectivity index is 1.83. The van der Waals surface area contributed by atoms with Crippen molar-refractivity contribution in [2.45, 2.75) is 44.7 Å². The highest BCUT2D eigenvalue weighted by Crippen LogP contribution is 2.32. The predicted molar refractivity (Wildman–Crippen MR) is 85.9 cm³/mol. The summed E-state index contributed by atoms with van der Waals surface area (Å²) in [4.78, 5) is 27.6. The number of amides is 2. The Morgan fingerprint density at radius 1 is 1.29 bits per heavy atom. The van der Waals surface area contributed by atoms with Crippen LogP contribution in [0.15, 0.2) is 15.9 Å². The van der Waals surface area contributed by atoms with E-state index in [1.807, 2.05) is 11.4 Å². The van der Waals surface area contributed by atoms with E-state index in [0.29, 0.717) is 12.5 Å². The number of rotatable bonds is 3. The molecule has 0 aromatic carbocycles. The summed E-state index contributed by atoms with van der Waals surface area (Å²) in [5, 5.41) is 4.77. The van der Waals surface area contributed by atoms with Gasteiger partial charge in [-0.05, 0) is 46.1 Å². The SMILES string of the molecule is O=C1NCC(=O)N(Cc2sccc2Br)C1C1CCCCC1. The summed E-state index contributed by atoms with van der Waals surface area (Å²) >= 11 is 5.14. The normalized spacial score (nSPS) is 24.2. The van der Waals surface area contributed by atoms with Gasteiger partial charge in [-0.15, -0.1) is 11.3 Å². The second kappa shape index (κ2) is 6.48. The fourth-order valence-corrected chi connectivity index (χ4v) is 4.84. The molecule has 1 aliphatic carbocycles. The first-order valence-electron chi connectivity index (χ1n) is 7.46. The van der Waals surface area contributed by atoms with Crippen molar-refractivity contribution in [3.05, 3.63) is 20.8 Å². The lowest BCUT2D eigenvalue weighted by atomic mass is 9.82. The molecule has 1 atom stereocenters. The third-order valence-electron chi connectivity index (χ3n) is 4.44. The summed E-state index contributed by atoms with van der Waals surface area (Å²) < 4.78 is 1.02. The third kappa shape index (κ3) is 3.16. The quantitative estimate of drug-likeness (QED) is 0.888. The molecule has 1 aliphatic heterocycles. The average molecular weight is 371 g/mol. The molecule has 3 rings (SSSR count). The largest absolute Gasteiger partial charge is 0.345 e. The van der Waals surface area contributed by atoms with Gasteiger partial charge in [-0.3, -0.25) is 9.59 Å². The fraction of sp³-hybridized carbons (Fsp3) is 0.600. The molecule has 6 heteroatoms. The second-order valence-electron chi connectivity index (χ2n) is 5.77. The Morgan fingerprint density at radius 2 is 2.05 bits per heavy atom. The molecule has 0 radical (unpaired) electrons. The highest BCUT2D eigenvalue weighted by atomic mass is 79.9. The summed E-state index contributed by atoms with van der Waals surface area (Å²) in [6, 6.07) is 1.70. The first-order valence-corrected chi connectivity index (χ1v) is 9.13. The van der Waals surface area contributed by atoms with E-state index in [9.17, 15) is 9.59 Å². The lowest BCUT2D eigenvalue weighted by Crippen LogP contribution is -2.60. The number of piperazine rings is 1. The lowest BCUT2D eigenvalue weighted by Gasteiger charge is -2.40. The molecule has 0 bridgehead atoms. The van der Waals surface area contributed by atoms with Crippen LogP contribution in [0.25, 0.3) is 0 Å². The van der Waals surface area contributed by atoms with Crippen molar-refractivity contribution >= 4 is 39.1 Å². The number of halogens is 1. The van der Waals surface area contributed by atoms with Gasteiger partial charge in [0.05, 0.1) is 13.1 Å². The van der Waals surface area contributed by atoms with Crippen molar-refractivity contribution < 1.29 is 9.59 Å². The van der Waals surface area contributed by atoms with Gasteiger partial charge in [0, 0.05) is 9.35 Å². The minimum Gasteiger partial charge on any atom is -0.345 e. The Kier molecular flexibility index (Phi) is 4.64. The molecule has 2 aliphatic rings. The minimum atomic E-state index is -0.291. The number of nitrogens with zero attached hydrogens (tertiary/aromatic N) is 1. The first kappa shape index (κ1) is 15.0. The van der Waals surface area contributed by atoms with Crippen molar-refractivity contribution in [3.8, 4) is 0 Å². The molecule has 2 amide bonds. The van der Waals surface area contributed by atoms with E-state index in [1.54, 1.807) is 16.2 Å². The monoisotopic (exact) mass is 370 g/mol. The molecule has 21 heavy (non-hydrogen) atoms. The van der Waals surface area contributed by atoms with Crippen molar-refractivity contribution in [3.63, 3.8) is 0 Å². The van der Waals surface area contributed by atoms with Crippen LogP contribution in [0, 0.1) is 5.92 Å². The van der Waals surface area contributed by atoms with Crippen molar-refractivity contribution in [1.82, 2.24) is 10.2 Å². The zero-order valence-electron chi connectivity index (χ0n) is 11.8. The van der Waals surface area contributed by atoms with Crippen LogP contribution in [-0.4, -0.2) is 29.3 Å². The summed E-state index contributed by atoms with van der Waals surface area (Å²) in [5.41, 5.74) is 0. The molecule has 1 N–H and O–H groups in total. The van der Waals surface area contributed by atoms with Gasteiger partial charge < -0.3 is 10.2 Å². The lowest BCUT2D eigenvalue weighted by molar-refractivity contribution is -0.149. The summed E-state index contributed by atoms with van der Waals surface area (Å²) in [6.45, 7) is 0.663. The molecule has 1 aromatic heterocycles. The number of carbonyl (C=O) groups is 2. The van der Waals surface area contributed by atoms with Gasteiger partial charge in [-0.2, -0.15) is 0 Å². The van der Waals surface area contributed by atoms with Gasteiger partial charge in [0.1, 0.15) is 6.04 Å². The minimum absolute atomic E-state index is 0.0224. The van der Waals surface area contributed by atoms with Crippen LogP contribution in [0.2, 0.25) is 0 Å². The third-order valence-corrected chi connectivity index (χ3v) is 6.35. The van der Waals surface area contributed by atoms with Gasteiger partial charge in [-0.1, -0.05) is 19.3 Å². The Labute approximate surface area is 137 Å². The standard InChI is InChI=1S/C15H19BrN2O2S/c16-11-6-7-21-12(11)9-18-13(19)8-17-15(20)14(18)10-4-2-1-3-5-10/h6-7,10,14H,1-5,8-9H2,(H,17,20). The molecule has 0 spiro atoms. The van der Waals surface area contributed by atoms with Crippen molar-refractivity contribution in [2.24, 2.45) is 5.92 Å². The van der Waals surface area contributed by atoms with Gasteiger partial charge in [0.25, 0.3) is 0 Å². The van der Waals surface area contributed by atoms with Crippen molar-refractivity contribution in [1.29, 1.82) is 0 Å². The molecular weight excluding hydrogens is 352 g/mol. The van der Waals surface area contributed by atoms with Crippen LogP contribution in [0.5, 0.6) is 0 Å². The maximum atomic E-state index is 12.3. The average Bonchev–Trinajstić information content (AvgIpc) is 2.89. The van der Waals surface area contributed by atoms with Crippen LogP contribution in [-0.2, 0) is 16.1 Å². The van der Waals surface area contributed by atoms with E-state index < -0.39 is 0 Å². The smallest absolute Gasteiger partial charge is 0.243 e. The van der Waals surface area contributed by atoms with Gasteiger partial charge in [0.15, 0.2) is 0 Å². The van der Waals surface area contributed by atoms with Crippen LogP contribution in [0.4, 0.5) is 0 Å².